The molecule has 0 saturated carbocycles. The highest BCUT2D eigenvalue weighted by molar-refractivity contribution is 5.39. The summed E-state index contributed by atoms with van der Waals surface area (Å²) < 4.78 is 24.1. The monoisotopic (exact) mass is 253 g/mol. The van der Waals surface area contributed by atoms with Crippen molar-refractivity contribution in [1.29, 1.82) is 0 Å². The number of hydrogen-bond acceptors (Lipinski definition) is 3. The summed E-state index contributed by atoms with van der Waals surface area (Å²) in [7, 11) is 3.14. The van der Waals surface area contributed by atoms with Crippen LogP contribution in [0.3, 0.4) is 0 Å². The van der Waals surface area contributed by atoms with Crippen molar-refractivity contribution in [2.75, 3.05) is 27.3 Å². The molecule has 1 aromatic carbocycles. The summed E-state index contributed by atoms with van der Waals surface area (Å²) in [5.74, 6) is 0.419. The zero-order valence-corrected chi connectivity index (χ0v) is 11.0. The number of ether oxygens (including phenoxy) is 2. The van der Waals surface area contributed by atoms with Gasteiger partial charge in [0.1, 0.15) is 0 Å². The van der Waals surface area contributed by atoms with Gasteiger partial charge < -0.3 is 14.8 Å². The van der Waals surface area contributed by atoms with E-state index in [-0.39, 0.29) is 5.82 Å². The zero-order valence-electron chi connectivity index (χ0n) is 11.0. The Morgan fingerprint density at radius 2 is 2.00 bits per heavy atom. The highest BCUT2D eigenvalue weighted by Crippen LogP contribution is 2.32. The highest BCUT2D eigenvalue weighted by Gasteiger charge is 2.20. The van der Waals surface area contributed by atoms with E-state index in [2.05, 4.69) is 5.32 Å². The number of benzene rings is 1. The summed E-state index contributed by atoms with van der Waals surface area (Å²) in [6.07, 6.45) is 2.09. The lowest BCUT2D eigenvalue weighted by atomic mass is 9.87. The molecule has 0 unspecified atom stereocenters. The van der Waals surface area contributed by atoms with E-state index in [0.29, 0.717) is 18.3 Å². The molecule has 0 radical (unpaired) electrons. The van der Waals surface area contributed by atoms with Crippen molar-refractivity contribution in [2.24, 2.45) is 0 Å². The van der Waals surface area contributed by atoms with Gasteiger partial charge in [-0.1, -0.05) is 0 Å². The first-order valence-corrected chi connectivity index (χ1v) is 6.32. The van der Waals surface area contributed by atoms with Crippen LogP contribution in [0.15, 0.2) is 12.1 Å². The van der Waals surface area contributed by atoms with E-state index in [1.165, 1.54) is 7.11 Å². The maximum atomic E-state index is 13.8. The van der Waals surface area contributed by atoms with Crippen LogP contribution in [0.5, 0.6) is 5.75 Å². The molecule has 1 N–H and O–H groups in total. The predicted octanol–water partition coefficient (Wildman–Crippen LogP) is 2.45. The van der Waals surface area contributed by atoms with Gasteiger partial charge in [-0.2, -0.15) is 0 Å². The average Bonchev–Trinajstić information content (AvgIpc) is 2.41. The number of halogens is 1. The number of hydrogen-bond donors (Lipinski definition) is 1. The summed E-state index contributed by atoms with van der Waals surface area (Å²) in [4.78, 5) is 0. The third-order valence-corrected chi connectivity index (χ3v) is 3.49. The van der Waals surface area contributed by atoms with E-state index in [4.69, 9.17) is 9.47 Å². The second-order valence-electron chi connectivity index (χ2n) is 4.64. The third-order valence-electron chi connectivity index (χ3n) is 3.49. The fourth-order valence-electron chi connectivity index (χ4n) is 2.56. The third kappa shape index (κ3) is 2.82. The van der Waals surface area contributed by atoms with Crippen molar-refractivity contribution in [3.63, 3.8) is 0 Å². The maximum Gasteiger partial charge on any atom is 0.165 e. The Bertz CT molecular complexity index is 403. The maximum absolute atomic E-state index is 13.8. The molecule has 18 heavy (non-hydrogen) atoms. The highest BCUT2D eigenvalue weighted by atomic mass is 19.1. The SMILES string of the molecule is COCc1cc(OC)c(F)cc1C1CCNCC1. The first-order valence-electron chi connectivity index (χ1n) is 6.32. The topological polar surface area (TPSA) is 30.5 Å². The number of piperidine rings is 1. The molecule has 0 spiro atoms. The minimum atomic E-state index is -0.286. The lowest BCUT2D eigenvalue weighted by molar-refractivity contribution is 0.183. The van der Waals surface area contributed by atoms with Gasteiger partial charge in [-0.15, -0.1) is 0 Å². The quantitative estimate of drug-likeness (QED) is 0.894. The smallest absolute Gasteiger partial charge is 0.165 e. The van der Waals surface area contributed by atoms with E-state index in [9.17, 15) is 4.39 Å². The van der Waals surface area contributed by atoms with Gasteiger partial charge in [-0.3, -0.25) is 0 Å². The minimum Gasteiger partial charge on any atom is -0.494 e. The van der Waals surface area contributed by atoms with Crippen molar-refractivity contribution in [1.82, 2.24) is 5.32 Å². The summed E-state index contributed by atoms with van der Waals surface area (Å²) in [6.45, 7) is 2.48. The molecular formula is C14H20FNO2. The van der Waals surface area contributed by atoms with E-state index >= 15 is 0 Å². The van der Waals surface area contributed by atoms with Crippen LogP contribution in [-0.4, -0.2) is 27.3 Å². The van der Waals surface area contributed by atoms with Gasteiger partial charge in [0.05, 0.1) is 13.7 Å². The Balaban J connectivity index is 2.33. The molecule has 0 bridgehead atoms. The molecule has 0 aromatic heterocycles. The van der Waals surface area contributed by atoms with E-state index in [0.717, 1.165) is 37.1 Å². The molecule has 0 aliphatic carbocycles. The van der Waals surface area contributed by atoms with Crippen molar-refractivity contribution < 1.29 is 13.9 Å². The summed E-state index contributed by atoms with van der Waals surface area (Å²) in [6, 6.07) is 3.37. The van der Waals surface area contributed by atoms with Crippen molar-refractivity contribution in [2.45, 2.75) is 25.4 Å². The zero-order chi connectivity index (χ0) is 13.0. The number of methoxy groups -OCH3 is 2. The molecule has 100 valence electrons. The van der Waals surface area contributed by atoms with E-state index < -0.39 is 0 Å². The Morgan fingerprint density at radius 3 is 2.61 bits per heavy atom. The van der Waals surface area contributed by atoms with Gasteiger partial charge in [0.15, 0.2) is 11.6 Å². The van der Waals surface area contributed by atoms with Crippen LogP contribution in [0.25, 0.3) is 0 Å². The average molecular weight is 253 g/mol. The van der Waals surface area contributed by atoms with Crippen LogP contribution in [0, 0.1) is 5.82 Å². The summed E-state index contributed by atoms with van der Waals surface area (Å²) in [5.41, 5.74) is 2.10. The van der Waals surface area contributed by atoms with Gasteiger partial charge >= 0.3 is 0 Å². The fraction of sp³-hybridized carbons (Fsp3) is 0.571. The Labute approximate surface area is 107 Å². The second-order valence-corrected chi connectivity index (χ2v) is 4.64. The Hall–Kier alpha value is -1.13. The van der Waals surface area contributed by atoms with Gasteiger partial charge in [-0.25, -0.2) is 4.39 Å². The molecule has 1 aliphatic heterocycles. The predicted molar refractivity (Wildman–Crippen MR) is 68.5 cm³/mol. The molecular weight excluding hydrogens is 233 g/mol. The van der Waals surface area contributed by atoms with Gasteiger partial charge in [0.25, 0.3) is 0 Å². The second kappa shape index (κ2) is 6.16. The molecule has 1 fully saturated rings. The standard InChI is InChI=1S/C14H20FNO2/c1-17-9-11-7-14(18-2)13(15)8-12(11)10-3-5-16-6-4-10/h7-8,10,16H,3-6,9H2,1-2H3. The van der Waals surface area contributed by atoms with Crippen LogP contribution in [-0.2, 0) is 11.3 Å². The molecule has 0 atom stereocenters. The molecule has 2 rings (SSSR count). The van der Waals surface area contributed by atoms with Crippen LogP contribution in [0.1, 0.15) is 29.9 Å². The van der Waals surface area contributed by atoms with Gasteiger partial charge in [-0.05, 0) is 55.1 Å². The number of rotatable bonds is 4. The van der Waals surface area contributed by atoms with Crippen LogP contribution in [0.2, 0.25) is 0 Å². The molecule has 1 aromatic rings. The van der Waals surface area contributed by atoms with E-state index in [1.54, 1.807) is 19.2 Å². The minimum absolute atomic E-state index is 0.286. The van der Waals surface area contributed by atoms with Crippen molar-refractivity contribution in [3.05, 3.63) is 29.1 Å². The van der Waals surface area contributed by atoms with Gasteiger partial charge in [0, 0.05) is 7.11 Å². The molecule has 0 amide bonds. The lowest BCUT2D eigenvalue weighted by Crippen LogP contribution is -2.27. The summed E-state index contributed by atoms with van der Waals surface area (Å²) in [5, 5.41) is 3.32. The van der Waals surface area contributed by atoms with Crippen molar-refractivity contribution >= 4 is 0 Å². The molecule has 1 heterocycles. The summed E-state index contributed by atoms with van der Waals surface area (Å²) >= 11 is 0. The first-order chi connectivity index (χ1) is 8.76. The van der Waals surface area contributed by atoms with Crippen molar-refractivity contribution in [3.8, 4) is 5.75 Å². The fourth-order valence-corrected chi connectivity index (χ4v) is 2.56. The Morgan fingerprint density at radius 1 is 1.28 bits per heavy atom. The largest absolute Gasteiger partial charge is 0.494 e. The molecule has 1 aliphatic rings. The van der Waals surface area contributed by atoms with Gasteiger partial charge in [0.2, 0.25) is 0 Å². The first kappa shape index (κ1) is 13.3. The number of nitrogens with one attached hydrogen (secondary N) is 1. The molecule has 3 nitrogen and oxygen atoms in total. The lowest BCUT2D eigenvalue weighted by Gasteiger charge is -2.25. The van der Waals surface area contributed by atoms with E-state index in [1.807, 2.05) is 0 Å². The van der Waals surface area contributed by atoms with Crippen LogP contribution in [0.4, 0.5) is 4.39 Å². The molecule has 1 saturated heterocycles. The van der Waals surface area contributed by atoms with Crippen LogP contribution < -0.4 is 10.1 Å². The molecule has 4 heteroatoms. The van der Waals surface area contributed by atoms with Crippen LogP contribution >= 0.6 is 0 Å². The normalized spacial score (nSPS) is 16.8. The Kier molecular flexibility index (Phi) is 4.55.